The third-order valence-corrected chi connectivity index (χ3v) is 1.56. The van der Waals surface area contributed by atoms with Crippen LogP contribution in [0, 0.1) is 13.8 Å². The summed E-state index contributed by atoms with van der Waals surface area (Å²) < 4.78 is 4.98. The number of hydrogen-bond acceptors (Lipinski definition) is 4. The fraction of sp³-hybridized carbons (Fsp3) is 0.556. The number of anilines is 1. The van der Waals surface area contributed by atoms with Crippen LogP contribution in [0.2, 0.25) is 0 Å². The number of hydrogen-bond donors (Lipinski definition) is 1. The Balaban J connectivity index is 0.000000671. The van der Waals surface area contributed by atoms with E-state index in [2.05, 4.69) is 9.97 Å². The lowest BCUT2D eigenvalue weighted by molar-refractivity contribution is 0.393. The second-order valence-electron chi connectivity index (χ2n) is 2.30. The summed E-state index contributed by atoms with van der Waals surface area (Å²) in [5, 5.41) is 0. The molecule has 0 aliphatic carbocycles. The maximum atomic E-state index is 5.40. The van der Waals surface area contributed by atoms with Crippen LogP contribution in [0.4, 0.5) is 5.95 Å². The number of nitrogens with zero attached hydrogens (tertiary/aromatic N) is 2. The molecule has 0 saturated carbocycles. The summed E-state index contributed by atoms with van der Waals surface area (Å²) in [5.74, 6) is 0.806. The fourth-order valence-corrected chi connectivity index (χ4v) is 0.822. The Morgan fingerprint density at radius 3 is 2.15 bits per heavy atom. The van der Waals surface area contributed by atoms with E-state index in [1.165, 1.54) is 0 Å². The number of nitrogen functional groups attached to an aromatic ring is 1. The molecule has 4 nitrogen and oxygen atoms in total. The van der Waals surface area contributed by atoms with E-state index in [-0.39, 0.29) is 5.95 Å². The summed E-state index contributed by atoms with van der Waals surface area (Å²) in [7, 11) is 1.56. The fourth-order valence-electron chi connectivity index (χ4n) is 0.822. The molecule has 13 heavy (non-hydrogen) atoms. The molecule has 0 spiro atoms. The maximum absolute atomic E-state index is 5.40. The molecule has 0 saturated heterocycles. The van der Waals surface area contributed by atoms with Crippen molar-refractivity contribution in [3.63, 3.8) is 0 Å². The highest BCUT2D eigenvalue weighted by Gasteiger charge is 2.04. The van der Waals surface area contributed by atoms with Crippen molar-refractivity contribution in [1.29, 1.82) is 0 Å². The predicted octanol–water partition coefficient (Wildman–Crippen LogP) is 1.71. The Morgan fingerprint density at radius 2 is 1.69 bits per heavy atom. The van der Waals surface area contributed by atoms with Crippen molar-refractivity contribution < 1.29 is 4.74 Å². The van der Waals surface area contributed by atoms with E-state index in [9.17, 15) is 0 Å². The van der Waals surface area contributed by atoms with E-state index in [1.807, 2.05) is 27.7 Å². The number of methoxy groups -OCH3 is 1. The minimum Gasteiger partial charge on any atom is -0.481 e. The van der Waals surface area contributed by atoms with Crippen LogP contribution >= 0.6 is 0 Å². The number of nitrogens with two attached hydrogens (primary N) is 1. The molecule has 1 heterocycles. The molecular formula is C9H17N3O. The van der Waals surface area contributed by atoms with Gasteiger partial charge in [0, 0.05) is 11.3 Å². The van der Waals surface area contributed by atoms with Crippen molar-refractivity contribution in [2.24, 2.45) is 0 Å². The summed E-state index contributed by atoms with van der Waals surface area (Å²) >= 11 is 0. The molecule has 1 aromatic heterocycles. The van der Waals surface area contributed by atoms with Crippen LogP contribution < -0.4 is 10.5 Å². The zero-order chi connectivity index (χ0) is 10.4. The van der Waals surface area contributed by atoms with Crippen molar-refractivity contribution in [2.75, 3.05) is 12.8 Å². The first-order valence-corrected chi connectivity index (χ1v) is 4.30. The largest absolute Gasteiger partial charge is 0.481 e. The Labute approximate surface area is 79.2 Å². The molecule has 2 N–H and O–H groups in total. The Kier molecular flexibility index (Phi) is 4.80. The molecule has 1 rings (SSSR count). The van der Waals surface area contributed by atoms with Crippen molar-refractivity contribution in [3.8, 4) is 5.88 Å². The highest BCUT2D eigenvalue weighted by Crippen LogP contribution is 2.16. The quantitative estimate of drug-likeness (QED) is 0.720. The number of aromatic nitrogens is 2. The molecule has 74 valence electrons. The van der Waals surface area contributed by atoms with E-state index in [1.54, 1.807) is 7.11 Å². The van der Waals surface area contributed by atoms with Gasteiger partial charge in [-0.15, -0.1) is 0 Å². The van der Waals surface area contributed by atoms with Crippen molar-refractivity contribution in [1.82, 2.24) is 9.97 Å². The van der Waals surface area contributed by atoms with Crippen LogP contribution in [0.25, 0.3) is 0 Å². The first-order chi connectivity index (χ1) is 6.15. The average Bonchev–Trinajstić information content (AvgIpc) is 2.14. The van der Waals surface area contributed by atoms with Gasteiger partial charge in [-0.3, -0.25) is 0 Å². The standard InChI is InChI=1S/C7H11N3O.C2H6/c1-4-5(2)9-7(8)10-6(4)11-3;1-2/h1-3H3,(H2,8,9,10);1-2H3. The topological polar surface area (TPSA) is 61.0 Å². The molecular weight excluding hydrogens is 166 g/mol. The second kappa shape index (κ2) is 5.35. The summed E-state index contributed by atoms with van der Waals surface area (Å²) in [5.41, 5.74) is 7.19. The molecule has 0 aliphatic heterocycles. The maximum Gasteiger partial charge on any atom is 0.223 e. The van der Waals surface area contributed by atoms with Gasteiger partial charge in [0.05, 0.1) is 7.11 Å². The van der Waals surface area contributed by atoms with E-state index in [0.29, 0.717) is 5.88 Å². The third-order valence-electron chi connectivity index (χ3n) is 1.56. The Bertz CT molecular complexity index is 274. The number of ether oxygens (including phenoxy) is 1. The van der Waals surface area contributed by atoms with Gasteiger partial charge in [0.1, 0.15) is 0 Å². The van der Waals surface area contributed by atoms with Gasteiger partial charge in [0.15, 0.2) is 0 Å². The molecule has 0 amide bonds. The predicted molar refractivity (Wildman–Crippen MR) is 53.8 cm³/mol. The zero-order valence-corrected chi connectivity index (χ0v) is 8.88. The van der Waals surface area contributed by atoms with Gasteiger partial charge in [0.2, 0.25) is 11.8 Å². The first-order valence-electron chi connectivity index (χ1n) is 4.30. The number of rotatable bonds is 1. The molecule has 0 bridgehead atoms. The average molecular weight is 183 g/mol. The lowest BCUT2D eigenvalue weighted by atomic mass is 10.3. The summed E-state index contributed by atoms with van der Waals surface area (Å²) in [6.07, 6.45) is 0. The minimum atomic E-state index is 0.255. The zero-order valence-electron chi connectivity index (χ0n) is 8.88. The molecule has 0 radical (unpaired) electrons. The minimum absolute atomic E-state index is 0.255. The molecule has 1 aromatic rings. The highest BCUT2D eigenvalue weighted by molar-refractivity contribution is 5.34. The van der Waals surface area contributed by atoms with Crippen molar-refractivity contribution >= 4 is 5.95 Å². The van der Waals surface area contributed by atoms with Gasteiger partial charge in [0.25, 0.3) is 0 Å². The number of aryl methyl sites for hydroxylation is 1. The summed E-state index contributed by atoms with van der Waals surface area (Å²) in [4.78, 5) is 7.86. The van der Waals surface area contributed by atoms with Crippen LogP contribution in [0.3, 0.4) is 0 Å². The molecule has 0 unspecified atom stereocenters. The molecule has 4 heteroatoms. The molecule has 0 aliphatic rings. The van der Waals surface area contributed by atoms with Gasteiger partial charge < -0.3 is 10.5 Å². The highest BCUT2D eigenvalue weighted by atomic mass is 16.5. The van der Waals surface area contributed by atoms with E-state index < -0.39 is 0 Å². The smallest absolute Gasteiger partial charge is 0.223 e. The summed E-state index contributed by atoms with van der Waals surface area (Å²) in [6, 6.07) is 0. The van der Waals surface area contributed by atoms with E-state index in [4.69, 9.17) is 10.5 Å². The second-order valence-corrected chi connectivity index (χ2v) is 2.30. The van der Waals surface area contributed by atoms with Gasteiger partial charge in [-0.1, -0.05) is 13.8 Å². The van der Waals surface area contributed by atoms with Gasteiger partial charge >= 0.3 is 0 Å². The van der Waals surface area contributed by atoms with Crippen LogP contribution in [-0.4, -0.2) is 17.1 Å². The molecule has 0 fully saturated rings. The van der Waals surface area contributed by atoms with E-state index in [0.717, 1.165) is 11.3 Å². The van der Waals surface area contributed by atoms with Crippen LogP contribution in [0.5, 0.6) is 5.88 Å². The van der Waals surface area contributed by atoms with Crippen LogP contribution in [0.1, 0.15) is 25.1 Å². The molecule has 0 aromatic carbocycles. The molecule has 0 atom stereocenters. The lowest BCUT2D eigenvalue weighted by Crippen LogP contribution is -2.02. The SMILES string of the molecule is CC.COc1nc(N)nc(C)c1C. The normalized spacial score (nSPS) is 8.69. The lowest BCUT2D eigenvalue weighted by Gasteiger charge is -2.05. The van der Waals surface area contributed by atoms with Gasteiger partial charge in [-0.05, 0) is 13.8 Å². The Hall–Kier alpha value is -1.32. The van der Waals surface area contributed by atoms with Gasteiger partial charge in [-0.2, -0.15) is 4.98 Å². The Morgan fingerprint density at radius 1 is 1.15 bits per heavy atom. The first kappa shape index (κ1) is 11.7. The van der Waals surface area contributed by atoms with E-state index >= 15 is 0 Å². The van der Waals surface area contributed by atoms with Crippen molar-refractivity contribution in [2.45, 2.75) is 27.7 Å². The van der Waals surface area contributed by atoms with Crippen LogP contribution in [-0.2, 0) is 0 Å². The monoisotopic (exact) mass is 183 g/mol. The third kappa shape index (κ3) is 2.89. The summed E-state index contributed by atoms with van der Waals surface area (Å²) in [6.45, 7) is 7.77. The van der Waals surface area contributed by atoms with Gasteiger partial charge in [-0.25, -0.2) is 4.98 Å². The van der Waals surface area contributed by atoms with Crippen LogP contribution in [0.15, 0.2) is 0 Å². The van der Waals surface area contributed by atoms with Crippen molar-refractivity contribution in [3.05, 3.63) is 11.3 Å².